The largest absolute Gasteiger partial charge is 0.338 e. The molecule has 0 radical (unpaired) electrons. The summed E-state index contributed by atoms with van der Waals surface area (Å²) in [6.07, 6.45) is 1.91. The highest BCUT2D eigenvalue weighted by molar-refractivity contribution is 7.10. The molecule has 0 atom stereocenters. The number of hydrogen-bond donors (Lipinski definition) is 0. The van der Waals surface area contributed by atoms with Crippen LogP contribution in [0.5, 0.6) is 0 Å². The van der Waals surface area contributed by atoms with Crippen LogP contribution in [-0.2, 0) is 20.8 Å². The molecule has 0 spiro atoms. The van der Waals surface area contributed by atoms with Gasteiger partial charge in [-0.05, 0) is 30.4 Å². The van der Waals surface area contributed by atoms with Crippen LogP contribution in [0.3, 0.4) is 0 Å². The van der Waals surface area contributed by atoms with Crippen molar-refractivity contribution in [2.24, 2.45) is 0 Å². The first kappa shape index (κ1) is 14.3. The highest BCUT2D eigenvalue weighted by Gasteiger charge is 2.42. The Hall–Kier alpha value is -1.69. The molecule has 2 aliphatic heterocycles. The van der Waals surface area contributed by atoms with Gasteiger partial charge in [0.25, 0.3) is 0 Å². The maximum absolute atomic E-state index is 12.1. The van der Waals surface area contributed by atoms with E-state index in [0.29, 0.717) is 32.4 Å². The summed E-state index contributed by atoms with van der Waals surface area (Å²) in [6.45, 7) is 3.06. The van der Waals surface area contributed by atoms with Crippen LogP contribution in [0.2, 0.25) is 0 Å². The number of thiophene rings is 1. The van der Waals surface area contributed by atoms with Crippen LogP contribution >= 0.6 is 11.3 Å². The van der Waals surface area contributed by atoms with Gasteiger partial charge in [-0.25, -0.2) is 0 Å². The van der Waals surface area contributed by atoms with Crippen molar-refractivity contribution in [1.82, 2.24) is 9.80 Å². The highest BCUT2D eigenvalue weighted by atomic mass is 32.1. The molecule has 2 fully saturated rings. The van der Waals surface area contributed by atoms with Gasteiger partial charge in [0.2, 0.25) is 17.7 Å². The van der Waals surface area contributed by atoms with Gasteiger partial charge in [-0.1, -0.05) is 0 Å². The predicted molar refractivity (Wildman–Crippen MR) is 78.8 cm³/mol. The molecule has 1 aromatic rings. The molecule has 6 heteroatoms. The van der Waals surface area contributed by atoms with E-state index in [-0.39, 0.29) is 23.8 Å². The van der Waals surface area contributed by atoms with E-state index < -0.39 is 0 Å². The Morgan fingerprint density at radius 1 is 1.29 bits per heavy atom. The van der Waals surface area contributed by atoms with Crippen molar-refractivity contribution in [1.29, 1.82) is 0 Å². The lowest BCUT2D eigenvalue weighted by molar-refractivity contribution is -0.151. The standard InChI is InChI=1S/C15H18N2O3S/c1-10-6-7-21-12(10)2-3-13(18)16-8-11(9-16)17-14(19)4-5-15(17)20/h6-7,11H,2-5,8-9H2,1H3. The van der Waals surface area contributed by atoms with E-state index in [9.17, 15) is 14.4 Å². The number of likely N-dealkylation sites (tertiary alicyclic amines) is 2. The first-order valence-electron chi connectivity index (χ1n) is 7.22. The van der Waals surface area contributed by atoms with Crippen molar-refractivity contribution in [2.75, 3.05) is 13.1 Å². The van der Waals surface area contributed by atoms with Gasteiger partial charge in [-0.3, -0.25) is 19.3 Å². The first-order chi connectivity index (χ1) is 10.1. The summed E-state index contributed by atoms with van der Waals surface area (Å²) in [5.41, 5.74) is 1.24. The van der Waals surface area contributed by atoms with Gasteiger partial charge in [-0.2, -0.15) is 0 Å². The minimum absolute atomic E-state index is 0.0914. The number of hydrogen-bond acceptors (Lipinski definition) is 4. The van der Waals surface area contributed by atoms with E-state index in [1.165, 1.54) is 15.3 Å². The van der Waals surface area contributed by atoms with Crippen LogP contribution in [0.15, 0.2) is 11.4 Å². The van der Waals surface area contributed by atoms with E-state index in [2.05, 4.69) is 13.0 Å². The molecule has 0 aromatic carbocycles. The second-order valence-corrected chi connectivity index (χ2v) is 6.64. The normalized spacial score (nSPS) is 19.3. The van der Waals surface area contributed by atoms with Crippen LogP contribution in [-0.4, -0.2) is 46.7 Å². The number of carbonyl (C=O) groups excluding carboxylic acids is 3. The molecule has 21 heavy (non-hydrogen) atoms. The van der Waals surface area contributed by atoms with Gasteiger partial charge in [0.1, 0.15) is 0 Å². The molecule has 3 amide bonds. The van der Waals surface area contributed by atoms with Crippen LogP contribution in [0, 0.1) is 6.92 Å². The summed E-state index contributed by atoms with van der Waals surface area (Å²) in [7, 11) is 0. The second-order valence-electron chi connectivity index (χ2n) is 5.64. The molecule has 0 saturated carbocycles. The van der Waals surface area contributed by atoms with Gasteiger partial charge >= 0.3 is 0 Å². The minimum Gasteiger partial charge on any atom is -0.338 e. The Balaban J connectivity index is 1.47. The average Bonchev–Trinajstić information content (AvgIpc) is 2.94. The Morgan fingerprint density at radius 2 is 1.95 bits per heavy atom. The summed E-state index contributed by atoms with van der Waals surface area (Å²) in [5, 5.41) is 2.04. The smallest absolute Gasteiger partial charge is 0.230 e. The fourth-order valence-corrected chi connectivity index (χ4v) is 3.77. The topological polar surface area (TPSA) is 57.7 Å². The van der Waals surface area contributed by atoms with Gasteiger partial charge in [-0.15, -0.1) is 11.3 Å². The SMILES string of the molecule is Cc1ccsc1CCC(=O)N1CC(N2C(=O)CCC2=O)C1. The Kier molecular flexibility index (Phi) is 3.80. The third-order valence-corrected chi connectivity index (χ3v) is 5.29. The van der Waals surface area contributed by atoms with Gasteiger partial charge < -0.3 is 4.90 Å². The Bertz CT molecular complexity index is 573. The number of amides is 3. The van der Waals surface area contributed by atoms with Crippen LogP contribution in [0.4, 0.5) is 0 Å². The summed E-state index contributed by atoms with van der Waals surface area (Å²) < 4.78 is 0. The summed E-state index contributed by atoms with van der Waals surface area (Å²) >= 11 is 1.68. The fraction of sp³-hybridized carbons (Fsp3) is 0.533. The number of carbonyl (C=O) groups is 3. The third kappa shape index (κ3) is 2.72. The van der Waals surface area contributed by atoms with E-state index >= 15 is 0 Å². The monoisotopic (exact) mass is 306 g/mol. The molecule has 112 valence electrons. The number of nitrogens with zero attached hydrogens (tertiary/aromatic N) is 2. The second kappa shape index (κ2) is 5.60. The lowest BCUT2D eigenvalue weighted by Gasteiger charge is -2.43. The molecule has 2 aliphatic rings. The van der Waals surface area contributed by atoms with Crippen molar-refractivity contribution in [2.45, 2.75) is 38.6 Å². The summed E-state index contributed by atoms with van der Waals surface area (Å²) in [4.78, 5) is 39.7. The van der Waals surface area contributed by atoms with Crippen LogP contribution < -0.4 is 0 Å². The molecular weight excluding hydrogens is 288 g/mol. The number of aryl methyl sites for hydroxylation is 2. The molecule has 2 saturated heterocycles. The lowest BCUT2D eigenvalue weighted by Crippen LogP contribution is -2.62. The van der Waals surface area contributed by atoms with Crippen molar-refractivity contribution in [3.8, 4) is 0 Å². The third-order valence-electron chi connectivity index (χ3n) is 4.20. The molecule has 5 nitrogen and oxygen atoms in total. The highest BCUT2D eigenvalue weighted by Crippen LogP contribution is 2.24. The average molecular weight is 306 g/mol. The van der Waals surface area contributed by atoms with E-state index in [0.717, 1.165) is 6.42 Å². The van der Waals surface area contributed by atoms with Crippen molar-refractivity contribution < 1.29 is 14.4 Å². The predicted octanol–water partition coefficient (Wildman–Crippen LogP) is 1.35. The molecule has 0 unspecified atom stereocenters. The molecule has 1 aromatic heterocycles. The quantitative estimate of drug-likeness (QED) is 0.789. The lowest BCUT2D eigenvalue weighted by atomic mass is 10.1. The molecule has 3 rings (SSSR count). The Morgan fingerprint density at radius 3 is 2.52 bits per heavy atom. The first-order valence-corrected chi connectivity index (χ1v) is 8.10. The van der Waals surface area contributed by atoms with Gasteiger partial charge in [0.15, 0.2) is 0 Å². The number of imide groups is 1. The summed E-state index contributed by atoms with van der Waals surface area (Å²) in [6, 6.07) is 1.97. The van der Waals surface area contributed by atoms with E-state index in [1.807, 2.05) is 5.38 Å². The Labute approximate surface area is 127 Å². The maximum Gasteiger partial charge on any atom is 0.230 e. The van der Waals surface area contributed by atoms with E-state index in [4.69, 9.17) is 0 Å². The summed E-state index contributed by atoms with van der Waals surface area (Å²) in [5.74, 6) is -0.0734. The number of rotatable bonds is 4. The van der Waals surface area contributed by atoms with Crippen LogP contribution in [0.1, 0.15) is 29.7 Å². The fourth-order valence-electron chi connectivity index (χ4n) is 2.86. The van der Waals surface area contributed by atoms with Crippen molar-refractivity contribution in [3.05, 3.63) is 21.9 Å². The zero-order valence-corrected chi connectivity index (χ0v) is 12.8. The van der Waals surface area contributed by atoms with E-state index in [1.54, 1.807) is 16.2 Å². The molecule has 0 aliphatic carbocycles. The van der Waals surface area contributed by atoms with Gasteiger partial charge in [0.05, 0.1) is 6.04 Å². The molecule has 0 bridgehead atoms. The zero-order valence-electron chi connectivity index (χ0n) is 12.0. The molecule has 3 heterocycles. The minimum atomic E-state index is -0.0973. The van der Waals surface area contributed by atoms with Crippen molar-refractivity contribution >= 4 is 29.1 Å². The zero-order chi connectivity index (χ0) is 15.0. The maximum atomic E-state index is 12.1. The van der Waals surface area contributed by atoms with Crippen molar-refractivity contribution in [3.63, 3.8) is 0 Å². The van der Waals surface area contributed by atoms with Gasteiger partial charge in [0, 0.05) is 37.2 Å². The van der Waals surface area contributed by atoms with Crippen LogP contribution in [0.25, 0.3) is 0 Å². The molecule has 0 N–H and O–H groups in total. The molecular formula is C15H18N2O3S.